The third-order valence-corrected chi connectivity index (χ3v) is 4.69. The predicted molar refractivity (Wildman–Crippen MR) is 101 cm³/mol. The molecule has 27 heavy (non-hydrogen) atoms. The molecule has 4 amide bonds. The monoisotopic (exact) mass is 371 g/mol. The Hall–Kier alpha value is -2.67. The van der Waals surface area contributed by atoms with Crippen LogP contribution < -0.4 is 5.32 Å². The van der Waals surface area contributed by atoms with Gasteiger partial charge in [-0.25, -0.2) is 4.79 Å². The van der Waals surface area contributed by atoms with Crippen molar-refractivity contribution in [1.29, 1.82) is 0 Å². The van der Waals surface area contributed by atoms with Crippen molar-refractivity contribution in [3.8, 4) is 0 Å². The number of hydrogen-bond donors (Lipinski definition) is 1. The lowest BCUT2D eigenvalue weighted by molar-refractivity contribution is -0.139. The highest BCUT2D eigenvalue weighted by Crippen LogP contribution is 2.14. The van der Waals surface area contributed by atoms with Crippen LogP contribution >= 0.6 is 0 Å². The molecule has 1 aromatic carbocycles. The van der Waals surface area contributed by atoms with E-state index < -0.39 is 6.03 Å². The average Bonchev–Trinajstić information content (AvgIpc) is 3.18. The molecule has 2 saturated heterocycles. The molecule has 7 heteroatoms. The van der Waals surface area contributed by atoms with Crippen molar-refractivity contribution >= 4 is 23.9 Å². The molecule has 2 heterocycles. The van der Waals surface area contributed by atoms with Crippen LogP contribution in [-0.2, 0) is 14.3 Å². The van der Waals surface area contributed by atoms with Gasteiger partial charge in [0.05, 0.1) is 6.10 Å². The van der Waals surface area contributed by atoms with Gasteiger partial charge < -0.3 is 15.0 Å². The lowest BCUT2D eigenvalue weighted by Gasteiger charge is -2.29. The second-order valence-corrected chi connectivity index (χ2v) is 6.71. The molecule has 2 aliphatic rings. The summed E-state index contributed by atoms with van der Waals surface area (Å²) in [4.78, 5) is 39.3. The molecule has 3 rings (SSSR count). The molecule has 0 radical (unpaired) electrons. The highest BCUT2D eigenvalue weighted by molar-refractivity contribution is 6.00. The molecule has 144 valence electrons. The molecule has 1 aromatic rings. The summed E-state index contributed by atoms with van der Waals surface area (Å²) in [6.07, 6.45) is 5.99. The Balaban J connectivity index is 1.64. The molecule has 0 aliphatic carbocycles. The molecule has 1 unspecified atom stereocenters. The van der Waals surface area contributed by atoms with Crippen LogP contribution in [0.2, 0.25) is 0 Å². The molecule has 0 saturated carbocycles. The van der Waals surface area contributed by atoms with Crippen molar-refractivity contribution in [2.45, 2.75) is 25.4 Å². The summed E-state index contributed by atoms with van der Waals surface area (Å²) >= 11 is 0. The molecule has 1 atom stereocenters. The maximum absolute atomic E-state index is 12.8. The first kappa shape index (κ1) is 19.1. The number of ether oxygens (including phenoxy) is 1. The van der Waals surface area contributed by atoms with Crippen molar-refractivity contribution in [2.24, 2.45) is 0 Å². The standard InChI is InChI=1S/C20H25N3O4/c24-18-10-11-21-20(26)23(18)15-19(25)22(14-17-9-5-13-27-17)12-4-8-16-6-2-1-3-7-16/h1-4,6-8,17H,5,9-15H2,(H,21,26). The van der Waals surface area contributed by atoms with Crippen LogP contribution in [-0.4, -0.2) is 66.5 Å². The van der Waals surface area contributed by atoms with E-state index in [0.29, 0.717) is 26.2 Å². The van der Waals surface area contributed by atoms with Gasteiger partial charge in [0.2, 0.25) is 11.8 Å². The largest absolute Gasteiger partial charge is 0.376 e. The number of urea groups is 1. The second-order valence-electron chi connectivity index (χ2n) is 6.71. The van der Waals surface area contributed by atoms with Crippen LogP contribution in [0.3, 0.4) is 0 Å². The van der Waals surface area contributed by atoms with E-state index >= 15 is 0 Å². The fraction of sp³-hybridized carbons (Fsp3) is 0.450. The van der Waals surface area contributed by atoms with Crippen LogP contribution in [0.1, 0.15) is 24.8 Å². The molecular weight excluding hydrogens is 346 g/mol. The second kappa shape index (κ2) is 9.32. The Labute approximate surface area is 159 Å². The van der Waals surface area contributed by atoms with Gasteiger partial charge in [-0.1, -0.05) is 42.5 Å². The Kier molecular flexibility index (Phi) is 6.59. The predicted octanol–water partition coefficient (Wildman–Crippen LogP) is 1.65. The zero-order valence-electron chi connectivity index (χ0n) is 15.3. The first-order valence-corrected chi connectivity index (χ1v) is 9.32. The van der Waals surface area contributed by atoms with E-state index in [1.807, 2.05) is 42.5 Å². The summed E-state index contributed by atoms with van der Waals surface area (Å²) in [7, 11) is 0. The average molecular weight is 371 g/mol. The van der Waals surface area contributed by atoms with E-state index in [4.69, 9.17) is 4.74 Å². The lowest BCUT2D eigenvalue weighted by atomic mass is 10.2. The minimum absolute atomic E-state index is 0.00459. The van der Waals surface area contributed by atoms with E-state index in [1.54, 1.807) is 4.90 Å². The van der Waals surface area contributed by atoms with Gasteiger partial charge >= 0.3 is 6.03 Å². The molecular formula is C20H25N3O4. The van der Waals surface area contributed by atoms with E-state index in [1.165, 1.54) is 0 Å². The van der Waals surface area contributed by atoms with Crippen molar-refractivity contribution in [2.75, 3.05) is 32.8 Å². The van der Waals surface area contributed by atoms with Gasteiger partial charge in [-0.2, -0.15) is 0 Å². The highest BCUT2D eigenvalue weighted by atomic mass is 16.5. The fourth-order valence-electron chi connectivity index (χ4n) is 3.21. The topological polar surface area (TPSA) is 79.0 Å². The van der Waals surface area contributed by atoms with Gasteiger partial charge in [-0.05, 0) is 18.4 Å². The number of nitrogens with zero attached hydrogens (tertiary/aromatic N) is 2. The molecule has 2 aliphatic heterocycles. The Morgan fingerprint density at radius 3 is 2.81 bits per heavy atom. The summed E-state index contributed by atoms with van der Waals surface area (Å²) in [5, 5.41) is 2.60. The minimum Gasteiger partial charge on any atom is -0.376 e. The van der Waals surface area contributed by atoms with Gasteiger partial charge in [0.25, 0.3) is 0 Å². The number of hydrogen-bond acceptors (Lipinski definition) is 4. The molecule has 1 N–H and O–H groups in total. The van der Waals surface area contributed by atoms with Crippen LogP contribution in [0.5, 0.6) is 0 Å². The lowest BCUT2D eigenvalue weighted by Crippen LogP contribution is -2.54. The van der Waals surface area contributed by atoms with E-state index in [0.717, 1.165) is 23.3 Å². The van der Waals surface area contributed by atoms with Crippen molar-refractivity contribution in [3.05, 3.63) is 42.0 Å². The molecule has 2 fully saturated rings. The molecule has 0 aromatic heterocycles. The maximum atomic E-state index is 12.8. The highest BCUT2D eigenvalue weighted by Gasteiger charge is 2.30. The van der Waals surface area contributed by atoms with Gasteiger partial charge in [0.1, 0.15) is 6.54 Å². The SMILES string of the molecule is O=C(CN1C(=O)CCNC1=O)N(CC=Cc1ccccc1)CC1CCCO1. The summed E-state index contributed by atoms with van der Waals surface area (Å²) in [6.45, 7) is 1.65. The normalized spacial score (nSPS) is 20.1. The van der Waals surface area contributed by atoms with Crippen molar-refractivity contribution in [3.63, 3.8) is 0 Å². The third-order valence-electron chi connectivity index (χ3n) is 4.69. The van der Waals surface area contributed by atoms with Crippen LogP contribution in [0, 0.1) is 0 Å². The van der Waals surface area contributed by atoms with E-state index in [9.17, 15) is 14.4 Å². The summed E-state index contributed by atoms with van der Waals surface area (Å²) in [5.74, 6) is -0.572. The van der Waals surface area contributed by atoms with E-state index in [2.05, 4.69) is 5.32 Å². The minimum atomic E-state index is -0.503. The zero-order chi connectivity index (χ0) is 19.1. The third kappa shape index (κ3) is 5.40. The van der Waals surface area contributed by atoms with Gasteiger partial charge in [0, 0.05) is 32.7 Å². The van der Waals surface area contributed by atoms with E-state index in [-0.39, 0.29) is 30.9 Å². The number of carbonyl (C=O) groups excluding carboxylic acids is 3. The maximum Gasteiger partial charge on any atom is 0.324 e. The molecule has 0 bridgehead atoms. The quantitative estimate of drug-likeness (QED) is 0.790. The van der Waals surface area contributed by atoms with Crippen LogP contribution in [0.25, 0.3) is 6.08 Å². The van der Waals surface area contributed by atoms with Crippen LogP contribution in [0.15, 0.2) is 36.4 Å². The number of benzene rings is 1. The number of carbonyl (C=O) groups is 3. The summed E-state index contributed by atoms with van der Waals surface area (Å²) in [6, 6.07) is 9.33. The summed E-state index contributed by atoms with van der Waals surface area (Å²) < 4.78 is 5.65. The number of nitrogens with one attached hydrogen (secondary N) is 1. The molecule has 0 spiro atoms. The molecule has 7 nitrogen and oxygen atoms in total. The first-order valence-electron chi connectivity index (χ1n) is 9.32. The smallest absolute Gasteiger partial charge is 0.324 e. The van der Waals surface area contributed by atoms with Gasteiger partial charge in [0.15, 0.2) is 0 Å². The Bertz CT molecular complexity index is 682. The zero-order valence-corrected chi connectivity index (χ0v) is 15.3. The van der Waals surface area contributed by atoms with Crippen LogP contribution in [0.4, 0.5) is 4.79 Å². The van der Waals surface area contributed by atoms with Crippen molar-refractivity contribution < 1.29 is 19.1 Å². The van der Waals surface area contributed by atoms with Gasteiger partial charge in [-0.3, -0.25) is 14.5 Å². The van der Waals surface area contributed by atoms with Crippen molar-refractivity contribution in [1.82, 2.24) is 15.1 Å². The first-order chi connectivity index (χ1) is 13.1. The Morgan fingerprint density at radius 1 is 1.30 bits per heavy atom. The summed E-state index contributed by atoms with van der Waals surface area (Å²) in [5.41, 5.74) is 1.05. The number of rotatable bonds is 7. The fourth-order valence-corrected chi connectivity index (χ4v) is 3.21. The number of amides is 4. The van der Waals surface area contributed by atoms with Gasteiger partial charge in [-0.15, -0.1) is 0 Å². The Morgan fingerprint density at radius 2 is 2.11 bits per heavy atom. The number of imide groups is 1.